The second-order valence-corrected chi connectivity index (χ2v) is 5.72. The summed E-state index contributed by atoms with van der Waals surface area (Å²) in [4.78, 5) is 3.29. The van der Waals surface area contributed by atoms with Crippen LogP contribution in [-0.2, 0) is 13.5 Å². The van der Waals surface area contributed by atoms with Crippen molar-refractivity contribution in [3.63, 3.8) is 0 Å². The predicted octanol–water partition coefficient (Wildman–Crippen LogP) is 3.21. The summed E-state index contributed by atoms with van der Waals surface area (Å²) in [5.41, 5.74) is 5.02. The number of nitrogens with one attached hydrogen (secondary N) is 1. The molecule has 0 fully saturated rings. The lowest BCUT2D eigenvalue weighted by Gasteiger charge is -2.14. The van der Waals surface area contributed by atoms with Gasteiger partial charge >= 0.3 is 0 Å². The number of hydrogen-bond donors (Lipinski definition) is 1. The minimum Gasteiger partial charge on any atom is -0.361 e. The summed E-state index contributed by atoms with van der Waals surface area (Å²) >= 11 is 5.53. The third kappa shape index (κ3) is 1.95. The molecule has 1 atom stereocenters. The monoisotopic (exact) mass is 305 g/mol. The maximum absolute atomic E-state index is 5.53. The zero-order valence-electron chi connectivity index (χ0n) is 12.9. The van der Waals surface area contributed by atoms with Crippen LogP contribution in [0.15, 0.2) is 4.52 Å². The first-order chi connectivity index (χ1) is 9.95. The lowest BCUT2D eigenvalue weighted by Crippen LogP contribution is -2.11. The number of aryl methyl sites for hydroxylation is 4. The third-order valence-corrected chi connectivity index (χ3v) is 4.30. The molecular formula is C14H19N5OS. The Hall–Kier alpha value is -1.89. The molecule has 1 unspecified atom stereocenters. The van der Waals surface area contributed by atoms with Crippen molar-refractivity contribution in [3.8, 4) is 0 Å². The SMILES string of the molecule is CCc1nn(C)c2c1[nH]c(=S)n2C(C)c1c(C)noc1C. The Balaban J connectivity index is 2.28. The van der Waals surface area contributed by atoms with Gasteiger partial charge in [0.2, 0.25) is 0 Å². The van der Waals surface area contributed by atoms with Gasteiger partial charge in [-0.1, -0.05) is 12.1 Å². The van der Waals surface area contributed by atoms with Gasteiger partial charge in [-0.2, -0.15) is 5.10 Å². The van der Waals surface area contributed by atoms with Crippen molar-refractivity contribution in [3.05, 3.63) is 27.5 Å². The molecule has 3 heterocycles. The number of imidazole rings is 1. The van der Waals surface area contributed by atoms with Gasteiger partial charge in [0, 0.05) is 12.6 Å². The fourth-order valence-corrected chi connectivity index (χ4v) is 3.41. The highest BCUT2D eigenvalue weighted by Crippen LogP contribution is 2.29. The molecular weight excluding hydrogens is 286 g/mol. The van der Waals surface area contributed by atoms with Gasteiger partial charge in [-0.25, -0.2) is 0 Å². The molecule has 3 aromatic rings. The highest BCUT2D eigenvalue weighted by Gasteiger charge is 2.23. The highest BCUT2D eigenvalue weighted by atomic mass is 32.1. The van der Waals surface area contributed by atoms with E-state index in [2.05, 4.69) is 33.7 Å². The molecule has 6 nitrogen and oxygen atoms in total. The van der Waals surface area contributed by atoms with Crippen molar-refractivity contribution in [1.82, 2.24) is 24.5 Å². The van der Waals surface area contributed by atoms with E-state index in [0.717, 1.165) is 40.3 Å². The fraction of sp³-hybridized carbons (Fsp3) is 0.500. The van der Waals surface area contributed by atoms with Crippen molar-refractivity contribution < 1.29 is 4.52 Å². The molecule has 1 N–H and O–H groups in total. The van der Waals surface area contributed by atoms with Crippen LogP contribution in [0.3, 0.4) is 0 Å². The first-order valence-electron chi connectivity index (χ1n) is 7.04. The molecule has 0 saturated heterocycles. The molecule has 0 aliphatic carbocycles. The van der Waals surface area contributed by atoms with Crippen LogP contribution < -0.4 is 0 Å². The number of rotatable bonds is 3. The van der Waals surface area contributed by atoms with Crippen LogP contribution in [-0.4, -0.2) is 24.5 Å². The van der Waals surface area contributed by atoms with Crippen molar-refractivity contribution in [2.24, 2.45) is 7.05 Å². The van der Waals surface area contributed by atoms with Gasteiger partial charge in [0.1, 0.15) is 11.3 Å². The first kappa shape index (κ1) is 14.1. The number of H-pyrrole nitrogens is 1. The summed E-state index contributed by atoms with van der Waals surface area (Å²) in [6.45, 7) is 8.08. The molecule has 3 aromatic heterocycles. The van der Waals surface area contributed by atoms with E-state index in [1.807, 2.05) is 25.6 Å². The van der Waals surface area contributed by atoms with Gasteiger partial charge in [-0.15, -0.1) is 0 Å². The molecule has 0 amide bonds. The summed E-state index contributed by atoms with van der Waals surface area (Å²) in [5, 5.41) is 8.60. The van der Waals surface area contributed by atoms with Crippen molar-refractivity contribution in [2.75, 3.05) is 0 Å². The van der Waals surface area contributed by atoms with Crippen molar-refractivity contribution >= 4 is 23.4 Å². The maximum Gasteiger partial charge on any atom is 0.179 e. The Kier molecular flexibility index (Phi) is 3.24. The fourth-order valence-electron chi connectivity index (χ4n) is 3.06. The average Bonchev–Trinajstić information content (AvgIpc) is 3.04. The number of nitrogens with zero attached hydrogens (tertiary/aromatic N) is 4. The topological polar surface area (TPSA) is 64.6 Å². The molecule has 0 saturated carbocycles. The van der Waals surface area contributed by atoms with Crippen LogP contribution in [0.4, 0.5) is 0 Å². The van der Waals surface area contributed by atoms with E-state index < -0.39 is 0 Å². The molecule has 7 heteroatoms. The quantitative estimate of drug-likeness (QED) is 0.755. The molecule has 0 aromatic carbocycles. The van der Waals surface area contributed by atoms with Gasteiger partial charge in [-0.05, 0) is 39.4 Å². The van der Waals surface area contributed by atoms with Crippen LogP contribution in [0.2, 0.25) is 0 Å². The van der Waals surface area contributed by atoms with E-state index in [0.29, 0.717) is 4.77 Å². The van der Waals surface area contributed by atoms with Crippen LogP contribution in [0.1, 0.15) is 42.6 Å². The summed E-state index contributed by atoms with van der Waals surface area (Å²) in [6, 6.07) is 0.0395. The van der Waals surface area contributed by atoms with Crippen LogP contribution >= 0.6 is 12.2 Å². The number of aromatic nitrogens is 5. The average molecular weight is 305 g/mol. The molecule has 0 radical (unpaired) electrons. The van der Waals surface area contributed by atoms with Gasteiger partial charge in [-0.3, -0.25) is 9.25 Å². The minimum atomic E-state index is 0.0395. The molecule has 0 aliphatic heterocycles. The lowest BCUT2D eigenvalue weighted by atomic mass is 10.1. The molecule has 0 spiro atoms. The summed E-state index contributed by atoms with van der Waals surface area (Å²) in [7, 11) is 1.95. The molecule has 0 aliphatic rings. The molecule has 0 bridgehead atoms. The Morgan fingerprint density at radius 2 is 2.10 bits per heavy atom. The van der Waals surface area contributed by atoms with Gasteiger partial charge in [0.15, 0.2) is 10.4 Å². The number of fused-ring (bicyclic) bond motifs is 1. The number of hydrogen-bond acceptors (Lipinski definition) is 4. The van der Waals surface area contributed by atoms with E-state index >= 15 is 0 Å². The van der Waals surface area contributed by atoms with Crippen molar-refractivity contribution in [1.29, 1.82) is 0 Å². The largest absolute Gasteiger partial charge is 0.361 e. The predicted molar refractivity (Wildman–Crippen MR) is 83.1 cm³/mol. The summed E-state index contributed by atoms with van der Waals surface area (Å²) in [6.07, 6.45) is 0.867. The summed E-state index contributed by atoms with van der Waals surface area (Å²) < 4.78 is 9.96. The second kappa shape index (κ2) is 4.84. The van der Waals surface area contributed by atoms with Crippen LogP contribution in [0, 0.1) is 18.6 Å². The second-order valence-electron chi connectivity index (χ2n) is 5.34. The third-order valence-electron chi connectivity index (χ3n) is 4.00. The van der Waals surface area contributed by atoms with E-state index in [4.69, 9.17) is 16.7 Å². The number of aromatic amines is 1. The van der Waals surface area contributed by atoms with E-state index in [1.165, 1.54) is 0 Å². The zero-order chi connectivity index (χ0) is 15.3. The van der Waals surface area contributed by atoms with Gasteiger partial charge in [0.05, 0.1) is 17.4 Å². The summed E-state index contributed by atoms with van der Waals surface area (Å²) in [5.74, 6) is 0.828. The Bertz CT molecular complexity index is 847. The van der Waals surface area contributed by atoms with E-state index in [-0.39, 0.29) is 6.04 Å². The van der Waals surface area contributed by atoms with Crippen molar-refractivity contribution in [2.45, 2.75) is 40.2 Å². The molecule has 112 valence electrons. The maximum atomic E-state index is 5.53. The Morgan fingerprint density at radius 3 is 2.67 bits per heavy atom. The first-order valence-corrected chi connectivity index (χ1v) is 7.45. The van der Waals surface area contributed by atoms with Gasteiger partial charge < -0.3 is 9.51 Å². The van der Waals surface area contributed by atoms with Gasteiger partial charge in [0.25, 0.3) is 0 Å². The van der Waals surface area contributed by atoms with E-state index in [9.17, 15) is 0 Å². The standard InChI is InChI=1S/C14H19N5OS/c1-6-10-12-13(18(5)16-10)19(14(21)15-12)8(3)11-7(2)17-20-9(11)4/h8H,6H2,1-5H3,(H,15,21). The van der Waals surface area contributed by atoms with E-state index in [1.54, 1.807) is 0 Å². The molecule has 21 heavy (non-hydrogen) atoms. The Labute approximate surface area is 127 Å². The highest BCUT2D eigenvalue weighted by molar-refractivity contribution is 7.71. The smallest absolute Gasteiger partial charge is 0.179 e. The normalized spacial score (nSPS) is 13.2. The van der Waals surface area contributed by atoms with Crippen LogP contribution in [0.25, 0.3) is 11.2 Å². The zero-order valence-corrected chi connectivity index (χ0v) is 13.7. The molecule has 3 rings (SSSR count). The Morgan fingerprint density at radius 1 is 1.38 bits per heavy atom. The van der Waals surface area contributed by atoms with Crippen LogP contribution in [0.5, 0.6) is 0 Å². The lowest BCUT2D eigenvalue weighted by molar-refractivity contribution is 0.391. The minimum absolute atomic E-state index is 0.0395.